The third-order valence-corrected chi connectivity index (χ3v) is 4.59. The van der Waals surface area contributed by atoms with E-state index in [0.29, 0.717) is 11.3 Å². The van der Waals surface area contributed by atoms with Crippen molar-refractivity contribution in [1.82, 2.24) is 4.90 Å². The lowest BCUT2D eigenvalue weighted by Gasteiger charge is -2.23. The summed E-state index contributed by atoms with van der Waals surface area (Å²) in [5.41, 5.74) is 4.06. The Morgan fingerprint density at radius 2 is 1.78 bits per heavy atom. The van der Waals surface area contributed by atoms with E-state index >= 15 is 0 Å². The standard InChI is InChI=1S/C21H24N4O2/c1-14-6-5-7-19(15(14)2)24-20(26)13-25(4)16(3)21(27)23-18-10-8-17(12-22)9-11-18/h5-11,16H,13H2,1-4H3,(H,23,27)(H,24,26)/t16-/m1/s1. The van der Waals surface area contributed by atoms with Crippen molar-refractivity contribution in [3.05, 3.63) is 59.2 Å². The van der Waals surface area contributed by atoms with E-state index in [2.05, 4.69) is 10.6 Å². The Labute approximate surface area is 159 Å². The molecular formula is C21H24N4O2. The van der Waals surface area contributed by atoms with Gasteiger partial charge in [-0.2, -0.15) is 5.26 Å². The van der Waals surface area contributed by atoms with E-state index in [1.807, 2.05) is 38.1 Å². The van der Waals surface area contributed by atoms with E-state index in [0.717, 1.165) is 16.8 Å². The average molecular weight is 364 g/mol. The van der Waals surface area contributed by atoms with Gasteiger partial charge in [-0.3, -0.25) is 14.5 Å². The van der Waals surface area contributed by atoms with Crippen LogP contribution in [0.2, 0.25) is 0 Å². The van der Waals surface area contributed by atoms with E-state index in [4.69, 9.17) is 5.26 Å². The largest absolute Gasteiger partial charge is 0.325 e. The van der Waals surface area contributed by atoms with Crippen LogP contribution in [0.25, 0.3) is 0 Å². The molecule has 0 bridgehead atoms. The van der Waals surface area contributed by atoms with Crippen LogP contribution in [0.15, 0.2) is 42.5 Å². The number of nitrogens with one attached hydrogen (secondary N) is 2. The molecule has 0 unspecified atom stereocenters. The van der Waals surface area contributed by atoms with Crippen molar-refractivity contribution < 1.29 is 9.59 Å². The zero-order chi connectivity index (χ0) is 20.0. The highest BCUT2D eigenvalue weighted by Gasteiger charge is 2.20. The number of rotatable bonds is 6. The van der Waals surface area contributed by atoms with Gasteiger partial charge in [-0.25, -0.2) is 0 Å². The molecule has 2 N–H and O–H groups in total. The summed E-state index contributed by atoms with van der Waals surface area (Å²) in [5.74, 6) is -0.397. The fourth-order valence-electron chi connectivity index (χ4n) is 2.51. The summed E-state index contributed by atoms with van der Waals surface area (Å²) in [4.78, 5) is 26.4. The molecule has 2 aromatic rings. The highest BCUT2D eigenvalue weighted by Crippen LogP contribution is 2.18. The minimum absolute atomic E-state index is 0.0926. The number of anilines is 2. The van der Waals surface area contributed by atoms with E-state index in [1.165, 1.54) is 0 Å². The van der Waals surface area contributed by atoms with Gasteiger partial charge in [0.2, 0.25) is 11.8 Å². The summed E-state index contributed by atoms with van der Waals surface area (Å²) in [7, 11) is 1.73. The normalized spacial score (nSPS) is 11.6. The average Bonchev–Trinajstić information content (AvgIpc) is 2.65. The maximum absolute atomic E-state index is 12.4. The molecule has 2 rings (SSSR count). The van der Waals surface area contributed by atoms with Crippen LogP contribution in [0.3, 0.4) is 0 Å². The van der Waals surface area contributed by atoms with Gasteiger partial charge in [-0.1, -0.05) is 12.1 Å². The smallest absolute Gasteiger partial charge is 0.241 e. The molecule has 140 valence electrons. The molecule has 0 radical (unpaired) electrons. The van der Waals surface area contributed by atoms with Crippen LogP contribution in [0.1, 0.15) is 23.6 Å². The van der Waals surface area contributed by atoms with Gasteiger partial charge >= 0.3 is 0 Å². The zero-order valence-corrected chi connectivity index (χ0v) is 16.0. The molecule has 0 spiro atoms. The van der Waals surface area contributed by atoms with Gasteiger partial charge in [0.25, 0.3) is 0 Å². The molecule has 2 aromatic carbocycles. The fraction of sp³-hybridized carbons (Fsp3) is 0.286. The predicted octanol–water partition coefficient (Wildman–Crippen LogP) is 3.07. The molecule has 2 amide bonds. The first-order valence-corrected chi connectivity index (χ1v) is 8.69. The van der Waals surface area contributed by atoms with Crippen LogP contribution in [-0.2, 0) is 9.59 Å². The first-order chi connectivity index (χ1) is 12.8. The number of aryl methyl sites for hydroxylation is 1. The highest BCUT2D eigenvalue weighted by molar-refractivity contribution is 5.96. The second-order valence-corrected chi connectivity index (χ2v) is 6.57. The Hall–Kier alpha value is -3.17. The first kappa shape index (κ1) is 20.1. The van der Waals surface area contributed by atoms with Crippen LogP contribution in [-0.4, -0.2) is 36.3 Å². The number of hydrogen-bond acceptors (Lipinski definition) is 4. The van der Waals surface area contributed by atoms with Gasteiger partial charge in [-0.15, -0.1) is 0 Å². The number of hydrogen-bond donors (Lipinski definition) is 2. The van der Waals surface area contributed by atoms with Crippen molar-refractivity contribution in [1.29, 1.82) is 5.26 Å². The minimum Gasteiger partial charge on any atom is -0.325 e. The Balaban J connectivity index is 1.92. The molecule has 27 heavy (non-hydrogen) atoms. The molecule has 1 atom stereocenters. The monoisotopic (exact) mass is 364 g/mol. The lowest BCUT2D eigenvalue weighted by molar-refractivity contribution is -0.122. The lowest BCUT2D eigenvalue weighted by Crippen LogP contribution is -2.43. The Bertz CT molecular complexity index is 869. The van der Waals surface area contributed by atoms with Crippen molar-refractivity contribution in [3.63, 3.8) is 0 Å². The van der Waals surface area contributed by atoms with Gasteiger partial charge in [0.15, 0.2) is 0 Å². The molecule has 6 heteroatoms. The number of amides is 2. The Morgan fingerprint density at radius 3 is 2.41 bits per heavy atom. The van der Waals surface area contributed by atoms with E-state index in [9.17, 15) is 9.59 Å². The number of nitrogens with zero attached hydrogens (tertiary/aromatic N) is 2. The molecule has 6 nitrogen and oxygen atoms in total. The van der Waals surface area contributed by atoms with E-state index in [-0.39, 0.29) is 18.4 Å². The predicted molar refractivity (Wildman–Crippen MR) is 106 cm³/mol. The van der Waals surface area contributed by atoms with Crippen LogP contribution < -0.4 is 10.6 Å². The lowest BCUT2D eigenvalue weighted by atomic mass is 10.1. The number of carbonyl (C=O) groups excluding carboxylic acids is 2. The molecule has 0 aromatic heterocycles. The van der Waals surface area contributed by atoms with Gasteiger partial charge in [0.1, 0.15) is 0 Å². The first-order valence-electron chi connectivity index (χ1n) is 8.69. The summed E-state index contributed by atoms with van der Waals surface area (Å²) >= 11 is 0. The molecule has 0 fully saturated rings. The molecule has 0 aliphatic rings. The summed E-state index contributed by atoms with van der Waals surface area (Å²) < 4.78 is 0. The summed E-state index contributed by atoms with van der Waals surface area (Å²) in [6, 6.07) is 13.9. The topological polar surface area (TPSA) is 85.2 Å². The second-order valence-electron chi connectivity index (χ2n) is 6.57. The van der Waals surface area contributed by atoms with Crippen LogP contribution >= 0.6 is 0 Å². The van der Waals surface area contributed by atoms with Gasteiger partial charge in [0, 0.05) is 11.4 Å². The number of benzene rings is 2. The number of likely N-dealkylation sites (N-methyl/N-ethyl adjacent to an activating group) is 1. The van der Waals surface area contributed by atoms with E-state index in [1.54, 1.807) is 43.1 Å². The summed E-state index contributed by atoms with van der Waals surface area (Å²) in [6.07, 6.45) is 0. The molecule has 0 saturated heterocycles. The number of carbonyl (C=O) groups is 2. The maximum atomic E-state index is 12.4. The second kappa shape index (κ2) is 8.97. The van der Waals surface area contributed by atoms with Crippen LogP contribution in [0.5, 0.6) is 0 Å². The minimum atomic E-state index is -0.495. The van der Waals surface area contributed by atoms with Gasteiger partial charge in [0.05, 0.1) is 24.2 Å². The maximum Gasteiger partial charge on any atom is 0.241 e. The third-order valence-electron chi connectivity index (χ3n) is 4.59. The summed E-state index contributed by atoms with van der Waals surface area (Å²) in [5, 5.41) is 14.5. The van der Waals surface area contributed by atoms with Crippen molar-refractivity contribution in [2.75, 3.05) is 24.2 Å². The molecule has 0 saturated carbocycles. The van der Waals surface area contributed by atoms with Crippen LogP contribution in [0, 0.1) is 25.2 Å². The number of nitriles is 1. The third kappa shape index (κ3) is 5.40. The SMILES string of the molecule is Cc1cccc(NC(=O)CN(C)[C@H](C)C(=O)Nc2ccc(C#N)cc2)c1C. The quantitative estimate of drug-likeness (QED) is 0.825. The van der Waals surface area contributed by atoms with Crippen LogP contribution in [0.4, 0.5) is 11.4 Å². The summed E-state index contributed by atoms with van der Waals surface area (Å²) in [6.45, 7) is 5.79. The van der Waals surface area contributed by atoms with Gasteiger partial charge in [-0.05, 0) is 69.3 Å². The Morgan fingerprint density at radius 1 is 1.11 bits per heavy atom. The molecule has 0 aliphatic carbocycles. The Kier molecular flexibility index (Phi) is 6.69. The van der Waals surface area contributed by atoms with Crippen molar-refractivity contribution >= 4 is 23.2 Å². The van der Waals surface area contributed by atoms with Crippen molar-refractivity contribution in [2.45, 2.75) is 26.8 Å². The van der Waals surface area contributed by atoms with Crippen molar-refractivity contribution in [2.24, 2.45) is 0 Å². The van der Waals surface area contributed by atoms with Gasteiger partial charge < -0.3 is 10.6 Å². The van der Waals surface area contributed by atoms with Crippen molar-refractivity contribution in [3.8, 4) is 6.07 Å². The van der Waals surface area contributed by atoms with E-state index < -0.39 is 6.04 Å². The fourth-order valence-corrected chi connectivity index (χ4v) is 2.51. The molecule has 0 heterocycles. The molecular weight excluding hydrogens is 340 g/mol. The zero-order valence-electron chi connectivity index (χ0n) is 16.0. The highest BCUT2D eigenvalue weighted by atomic mass is 16.2. The molecule has 0 aliphatic heterocycles.